The standard InChI is InChI=1S/C15H11BrS2/c1-10-2-7-14(17-10)15-9-8-13(18-15)11-3-5-12(16)6-4-11/h2-9H,1H3. The summed E-state index contributed by atoms with van der Waals surface area (Å²) in [7, 11) is 0. The number of rotatable bonds is 2. The van der Waals surface area contributed by atoms with E-state index in [2.05, 4.69) is 71.4 Å². The Morgan fingerprint density at radius 1 is 0.722 bits per heavy atom. The quantitative estimate of drug-likeness (QED) is 0.522. The molecule has 1 aromatic carbocycles. The van der Waals surface area contributed by atoms with E-state index in [0.29, 0.717) is 0 Å². The molecule has 3 rings (SSSR count). The molecule has 3 aromatic rings. The third-order valence-corrected chi connectivity index (χ3v) is 5.58. The van der Waals surface area contributed by atoms with Crippen LogP contribution >= 0.6 is 38.6 Å². The monoisotopic (exact) mass is 334 g/mol. The van der Waals surface area contributed by atoms with Crippen molar-refractivity contribution in [2.24, 2.45) is 0 Å². The molecule has 0 aliphatic carbocycles. The maximum Gasteiger partial charge on any atom is 0.0449 e. The Kier molecular flexibility index (Phi) is 3.37. The Morgan fingerprint density at radius 2 is 1.33 bits per heavy atom. The molecule has 0 atom stereocenters. The second-order valence-electron chi connectivity index (χ2n) is 4.08. The third kappa shape index (κ3) is 2.44. The van der Waals surface area contributed by atoms with Gasteiger partial charge in [0.15, 0.2) is 0 Å². The summed E-state index contributed by atoms with van der Waals surface area (Å²) in [5.41, 5.74) is 1.28. The molecular formula is C15H11BrS2. The van der Waals surface area contributed by atoms with Crippen molar-refractivity contribution in [1.29, 1.82) is 0 Å². The number of benzene rings is 1. The zero-order valence-electron chi connectivity index (χ0n) is 9.81. The molecule has 0 radical (unpaired) electrons. The summed E-state index contributed by atoms with van der Waals surface area (Å²) < 4.78 is 1.12. The summed E-state index contributed by atoms with van der Waals surface area (Å²) in [6, 6.07) is 17.3. The number of halogens is 1. The molecule has 0 saturated carbocycles. The summed E-state index contributed by atoms with van der Waals surface area (Å²) in [5.74, 6) is 0. The summed E-state index contributed by atoms with van der Waals surface area (Å²) >= 11 is 7.18. The van der Waals surface area contributed by atoms with Crippen molar-refractivity contribution in [3.63, 3.8) is 0 Å². The van der Waals surface area contributed by atoms with Crippen molar-refractivity contribution < 1.29 is 0 Å². The van der Waals surface area contributed by atoms with Gasteiger partial charge in [-0.3, -0.25) is 0 Å². The first kappa shape index (κ1) is 12.2. The largest absolute Gasteiger partial charge is 0.140 e. The summed E-state index contributed by atoms with van der Waals surface area (Å²) in [6.07, 6.45) is 0. The predicted octanol–water partition coefficient (Wildman–Crippen LogP) is 6.21. The van der Waals surface area contributed by atoms with Crippen LogP contribution in [0.15, 0.2) is 53.0 Å². The lowest BCUT2D eigenvalue weighted by Crippen LogP contribution is -1.70. The summed E-state index contributed by atoms with van der Waals surface area (Å²) in [5, 5.41) is 0. The Bertz CT molecular complexity index is 662. The van der Waals surface area contributed by atoms with Crippen molar-refractivity contribution in [1.82, 2.24) is 0 Å². The van der Waals surface area contributed by atoms with E-state index in [1.165, 1.54) is 25.1 Å². The van der Waals surface area contributed by atoms with Gasteiger partial charge in [0.25, 0.3) is 0 Å². The van der Waals surface area contributed by atoms with Crippen LogP contribution in [0, 0.1) is 6.92 Å². The van der Waals surface area contributed by atoms with Crippen molar-refractivity contribution in [3.8, 4) is 20.2 Å². The highest BCUT2D eigenvalue weighted by atomic mass is 79.9. The van der Waals surface area contributed by atoms with Crippen LogP contribution in [0.5, 0.6) is 0 Å². The molecule has 0 spiro atoms. The van der Waals surface area contributed by atoms with E-state index in [-0.39, 0.29) is 0 Å². The summed E-state index contributed by atoms with van der Waals surface area (Å²) in [6.45, 7) is 2.15. The van der Waals surface area contributed by atoms with E-state index in [9.17, 15) is 0 Å². The lowest BCUT2D eigenvalue weighted by atomic mass is 10.2. The van der Waals surface area contributed by atoms with Crippen LogP contribution in [0.2, 0.25) is 0 Å². The van der Waals surface area contributed by atoms with Gasteiger partial charge < -0.3 is 0 Å². The van der Waals surface area contributed by atoms with Crippen LogP contribution in [0.1, 0.15) is 4.88 Å². The topological polar surface area (TPSA) is 0 Å². The van der Waals surface area contributed by atoms with Gasteiger partial charge in [0.2, 0.25) is 0 Å². The second kappa shape index (κ2) is 5.00. The average molecular weight is 335 g/mol. The molecule has 3 heteroatoms. The first-order valence-corrected chi connectivity index (χ1v) is 8.07. The molecule has 0 saturated heterocycles. The highest BCUT2D eigenvalue weighted by molar-refractivity contribution is 9.10. The number of hydrogen-bond acceptors (Lipinski definition) is 2. The maximum atomic E-state index is 3.47. The minimum Gasteiger partial charge on any atom is -0.140 e. The molecule has 2 heterocycles. The normalized spacial score (nSPS) is 10.8. The molecule has 90 valence electrons. The van der Waals surface area contributed by atoms with Gasteiger partial charge in [-0.25, -0.2) is 0 Å². The van der Waals surface area contributed by atoms with Crippen LogP contribution in [0.3, 0.4) is 0 Å². The van der Waals surface area contributed by atoms with Gasteiger partial charge in [-0.1, -0.05) is 28.1 Å². The maximum absolute atomic E-state index is 3.47. The molecule has 0 N–H and O–H groups in total. The van der Waals surface area contributed by atoms with Crippen molar-refractivity contribution in [2.75, 3.05) is 0 Å². The molecular weight excluding hydrogens is 324 g/mol. The van der Waals surface area contributed by atoms with Crippen molar-refractivity contribution in [2.45, 2.75) is 6.92 Å². The van der Waals surface area contributed by atoms with E-state index in [1.54, 1.807) is 0 Å². The SMILES string of the molecule is Cc1ccc(-c2ccc(-c3ccc(Br)cc3)s2)s1. The zero-order chi connectivity index (χ0) is 12.5. The fourth-order valence-corrected chi connectivity index (χ4v) is 4.04. The van der Waals surface area contributed by atoms with E-state index in [4.69, 9.17) is 0 Å². The fraction of sp³-hybridized carbons (Fsp3) is 0.0667. The molecule has 0 fully saturated rings. The molecule has 0 nitrogen and oxygen atoms in total. The van der Waals surface area contributed by atoms with E-state index in [1.807, 2.05) is 22.7 Å². The minimum atomic E-state index is 1.12. The molecule has 0 aliphatic heterocycles. The highest BCUT2D eigenvalue weighted by Gasteiger charge is 2.06. The Hall–Kier alpha value is -0.900. The van der Waals surface area contributed by atoms with E-state index >= 15 is 0 Å². The van der Waals surface area contributed by atoms with Gasteiger partial charge in [-0.2, -0.15) is 0 Å². The van der Waals surface area contributed by atoms with Crippen molar-refractivity contribution in [3.05, 3.63) is 57.9 Å². The number of aryl methyl sites for hydroxylation is 1. The fourth-order valence-electron chi connectivity index (χ4n) is 1.81. The first-order chi connectivity index (χ1) is 8.72. The molecule has 0 aliphatic rings. The first-order valence-electron chi connectivity index (χ1n) is 5.65. The van der Waals surface area contributed by atoms with Gasteiger partial charge in [0.05, 0.1) is 0 Å². The van der Waals surface area contributed by atoms with E-state index < -0.39 is 0 Å². The molecule has 2 aromatic heterocycles. The Morgan fingerprint density at radius 3 is 2.00 bits per heavy atom. The van der Waals surface area contributed by atoms with Gasteiger partial charge in [-0.15, -0.1) is 22.7 Å². The van der Waals surface area contributed by atoms with Gasteiger partial charge >= 0.3 is 0 Å². The molecule has 0 unspecified atom stereocenters. The molecule has 0 amide bonds. The lowest BCUT2D eigenvalue weighted by molar-refractivity contribution is 1.64. The Labute approximate surface area is 123 Å². The molecule has 18 heavy (non-hydrogen) atoms. The lowest BCUT2D eigenvalue weighted by Gasteiger charge is -1.96. The third-order valence-electron chi connectivity index (χ3n) is 2.72. The van der Waals surface area contributed by atoms with Gasteiger partial charge in [0, 0.05) is 24.0 Å². The molecule has 0 bridgehead atoms. The van der Waals surface area contributed by atoms with Crippen LogP contribution in [-0.4, -0.2) is 0 Å². The van der Waals surface area contributed by atoms with E-state index in [0.717, 1.165) is 4.47 Å². The summed E-state index contributed by atoms with van der Waals surface area (Å²) in [4.78, 5) is 5.40. The van der Waals surface area contributed by atoms with Crippen LogP contribution in [0.4, 0.5) is 0 Å². The van der Waals surface area contributed by atoms with Gasteiger partial charge in [-0.05, 0) is 48.9 Å². The second-order valence-corrected chi connectivity index (χ2v) is 7.37. The van der Waals surface area contributed by atoms with Crippen LogP contribution < -0.4 is 0 Å². The van der Waals surface area contributed by atoms with Crippen molar-refractivity contribution >= 4 is 38.6 Å². The van der Waals surface area contributed by atoms with Gasteiger partial charge in [0.1, 0.15) is 0 Å². The zero-order valence-corrected chi connectivity index (χ0v) is 13.0. The highest BCUT2D eigenvalue weighted by Crippen LogP contribution is 2.37. The van der Waals surface area contributed by atoms with Crippen LogP contribution in [0.25, 0.3) is 20.2 Å². The minimum absolute atomic E-state index is 1.12. The Balaban J connectivity index is 1.96. The predicted molar refractivity (Wildman–Crippen MR) is 85.5 cm³/mol. The number of thiophene rings is 2. The number of hydrogen-bond donors (Lipinski definition) is 0. The average Bonchev–Trinajstić information content (AvgIpc) is 2.98. The smallest absolute Gasteiger partial charge is 0.0449 e. The van der Waals surface area contributed by atoms with Crippen LogP contribution in [-0.2, 0) is 0 Å².